The fourth-order valence-electron chi connectivity index (χ4n) is 3.45. The van der Waals surface area contributed by atoms with E-state index in [0.717, 1.165) is 57.2 Å². The van der Waals surface area contributed by atoms with Crippen molar-refractivity contribution < 1.29 is 9.53 Å². The number of benzene rings is 1. The summed E-state index contributed by atoms with van der Waals surface area (Å²) in [5.74, 6) is 0.206. The first-order chi connectivity index (χ1) is 10.8. The first-order valence-electron chi connectivity index (χ1n) is 8.50. The lowest BCUT2D eigenvalue weighted by molar-refractivity contribution is -0.131. The Labute approximate surface area is 133 Å². The van der Waals surface area contributed by atoms with E-state index in [0.29, 0.717) is 6.04 Å². The molecule has 22 heavy (non-hydrogen) atoms. The average Bonchev–Trinajstić information content (AvgIpc) is 2.61. The van der Waals surface area contributed by atoms with Gasteiger partial charge in [-0.3, -0.25) is 4.79 Å². The normalized spacial score (nSPS) is 21.9. The number of carbonyl (C=O) groups excluding carboxylic acids is 1. The number of hydrogen-bond donors (Lipinski definition) is 0. The SMILES string of the molecule is O=C(C1=COCCC1)N1CCCC[C@H]1CCc1ccccc1. The predicted molar refractivity (Wildman–Crippen MR) is 87.4 cm³/mol. The molecule has 0 bridgehead atoms. The maximum absolute atomic E-state index is 12.8. The second-order valence-electron chi connectivity index (χ2n) is 6.29. The number of piperidine rings is 1. The van der Waals surface area contributed by atoms with E-state index in [9.17, 15) is 4.79 Å². The van der Waals surface area contributed by atoms with E-state index in [-0.39, 0.29) is 5.91 Å². The monoisotopic (exact) mass is 299 g/mol. The van der Waals surface area contributed by atoms with Crippen molar-refractivity contribution in [3.8, 4) is 0 Å². The van der Waals surface area contributed by atoms with E-state index in [1.807, 2.05) is 0 Å². The zero-order valence-corrected chi connectivity index (χ0v) is 13.2. The van der Waals surface area contributed by atoms with Crippen LogP contribution in [-0.4, -0.2) is 30.0 Å². The molecule has 0 spiro atoms. The van der Waals surface area contributed by atoms with Gasteiger partial charge in [0, 0.05) is 12.6 Å². The molecule has 1 aromatic rings. The highest BCUT2D eigenvalue weighted by Crippen LogP contribution is 2.25. The fraction of sp³-hybridized carbons (Fsp3) is 0.526. The number of carbonyl (C=O) groups is 1. The first kappa shape index (κ1) is 15.1. The summed E-state index contributed by atoms with van der Waals surface area (Å²) in [5.41, 5.74) is 2.22. The second-order valence-corrected chi connectivity index (χ2v) is 6.29. The number of rotatable bonds is 4. The molecule has 3 rings (SSSR count). The number of nitrogens with zero attached hydrogens (tertiary/aromatic N) is 1. The molecule has 0 aliphatic carbocycles. The van der Waals surface area contributed by atoms with E-state index < -0.39 is 0 Å². The Morgan fingerprint density at radius 3 is 2.82 bits per heavy atom. The lowest BCUT2D eigenvalue weighted by Crippen LogP contribution is -2.44. The van der Waals surface area contributed by atoms with Crippen molar-refractivity contribution in [2.75, 3.05) is 13.2 Å². The standard InChI is InChI=1S/C19H25NO2/c21-19(17-9-6-14-22-15-17)20-13-5-4-10-18(20)12-11-16-7-2-1-3-8-16/h1-3,7-8,15,18H,4-6,9-14H2/t18-/m0/s1. The van der Waals surface area contributed by atoms with Crippen molar-refractivity contribution in [2.45, 2.75) is 51.0 Å². The van der Waals surface area contributed by atoms with Crippen molar-refractivity contribution in [3.05, 3.63) is 47.7 Å². The molecule has 2 aliphatic rings. The van der Waals surface area contributed by atoms with Crippen molar-refractivity contribution in [1.82, 2.24) is 4.90 Å². The van der Waals surface area contributed by atoms with Crippen LogP contribution in [0.5, 0.6) is 0 Å². The Balaban J connectivity index is 1.63. The van der Waals surface area contributed by atoms with Crippen molar-refractivity contribution >= 4 is 5.91 Å². The number of amides is 1. The third-order valence-corrected chi connectivity index (χ3v) is 4.71. The van der Waals surface area contributed by atoms with Crippen LogP contribution in [-0.2, 0) is 16.0 Å². The topological polar surface area (TPSA) is 29.5 Å². The highest BCUT2D eigenvalue weighted by molar-refractivity contribution is 5.93. The molecule has 0 unspecified atom stereocenters. The minimum absolute atomic E-state index is 0.206. The average molecular weight is 299 g/mol. The summed E-state index contributed by atoms with van der Waals surface area (Å²) in [6.07, 6.45) is 9.11. The van der Waals surface area contributed by atoms with Gasteiger partial charge in [-0.15, -0.1) is 0 Å². The van der Waals surface area contributed by atoms with Crippen LogP contribution in [0.2, 0.25) is 0 Å². The van der Waals surface area contributed by atoms with Crippen molar-refractivity contribution in [3.63, 3.8) is 0 Å². The minimum Gasteiger partial charge on any atom is -0.501 e. The Bertz CT molecular complexity index is 523. The summed E-state index contributed by atoms with van der Waals surface area (Å²) in [6.45, 7) is 1.64. The molecule has 3 heteroatoms. The molecule has 1 saturated heterocycles. The lowest BCUT2D eigenvalue weighted by atomic mass is 9.94. The highest BCUT2D eigenvalue weighted by atomic mass is 16.5. The van der Waals surface area contributed by atoms with Gasteiger partial charge < -0.3 is 9.64 Å². The van der Waals surface area contributed by atoms with Crippen LogP contribution >= 0.6 is 0 Å². The van der Waals surface area contributed by atoms with Crippen LogP contribution < -0.4 is 0 Å². The molecule has 2 aliphatic heterocycles. The van der Waals surface area contributed by atoms with Gasteiger partial charge in [-0.2, -0.15) is 0 Å². The molecule has 0 radical (unpaired) electrons. The Kier molecular flexibility index (Phi) is 5.15. The van der Waals surface area contributed by atoms with E-state index in [1.54, 1.807) is 6.26 Å². The summed E-state index contributed by atoms with van der Waals surface area (Å²) in [6, 6.07) is 10.9. The summed E-state index contributed by atoms with van der Waals surface area (Å²) in [7, 11) is 0. The molecule has 1 aromatic carbocycles. The zero-order valence-electron chi connectivity index (χ0n) is 13.2. The Morgan fingerprint density at radius 1 is 1.18 bits per heavy atom. The van der Waals surface area contributed by atoms with Gasteiger partial charge >= 0.3 is 0 Å². The van der Waals surface area contributed by atoms with Crippen LogP contribution in [0.25, 0.3) is 0 Å². The molecule has 0 aromatic heterocycles. The number of hydrogen-bond acceptors (Lipinski definition) is 2. The summed E-state index contributed by atoms with van der Waals surface area (Å²) in [5, 5.41) is 0. The summed E-state index contributed by atoms with van der Waals surface area (Å²) >= 11 is 0. The van der Waals surface area contributed by atoms with Gasteiger partial charge in [0.2, 0.25) is 0 Å². The Hall–Kier alpha value is -1.77. The van der Waals surface area contributed by atoms with Crippen LogP contribution in [0.1, 0.15) is 44.1 Å². The molecule has 118 valence electrons. The van der Waals surface area contributed by atoms with Crippen molar-refractivity contribution in [2.24, 2.45) is 0 Å². The van der Waals surface area contributed by atoms with Gasteiger partial charge in [-0.05, 0) is 50.5 Å². The Morgan fingerprint density at radius 2 is 2.05 bits per heavy atom. The van der Waals surface area contributed by atoms with E-state index >= 15 is 0 Å². The van der Waals surface area contributed by atoms with Gasteiger partial charge in [0.05, 0.1) is 18.4 Å². The van der Waals surface area contributed by atoms with Gasteiger partial charge in [0.15, 0.2) is 0 Å². The molecule has 1 fully saturated rings. The number of ether oxygens (including phenoxy) is 1. The third-order valence-electron chi connectivity index (χ3n) is 4.71. The van der Waals surface area contributed by atoms with Gasteiger partial charge in [-0.25, -0.2) is 0 Å². The van der Waals surface area contributed by atoms with Crippen molar-refractivity contribution in [1.29, 1.82) is 0 Å². The molecule has 1 atom stereocenters. The summed E-state index contributed by atoms with van der Waals surface area (Å²) in [4.78, 5) is 14.9. The van der Waals surface area contributed by atoms with E-state index in [1.165, 1.54) is 12.0 Å². The van der Waals surface area contributed by atoms with Crippen LogP contribution in [0.3, 0.4) is 0 Å². The molecule has 3 nitrogen and oxygen atoms in total. The largest absolute Gasteiger partial charge is 0.501 e. The zero-order chi connectivity index (χ0) is 15.2. The minimum atomic E-state index is 0.206. The van der Waals surface area contributed by atoms with Gasteiger partial charge in [-0.1, -0.05) is 30.3 Å². The second kappa shape index (κ2) is 7.48. The maximum atomic E-state index is 12.8. The fourth-order valence-corrected chi connectivity index (χ4v) is 3.45. The van der Waals surface area contributed by atoms with E-state index in [4.69, 9.17) is 4.74 Å². The number of aryl methyl sites for hydroxylation is 1. The van der Waals surface area contributed by atoms with Gasteiger partial charge in [0.1, 0.15) is 0 Å². The molecule has 0 N–H and O–H groups in total. The highest BCUT2D eigenvalue weighted by Gasteiger charge is 2.29. The quantitative estimate of drug-likeness (QED) is 0.848. The third kappa shape index (κ3) is 3.70. The predicted octanol–water partition coefficient (Wildman–Crippen LogP) is 3.69. The lowest BCUT2D eigenvalue weighted by Gasteiger charge is -2.37. The van der Waals surface area contributed by atoms with E-state index in [2.05, 4.69) is 35.2 Å². The summed E-state index contributed by atoms with van der Waals surface area (Å²) < 4.78 is 5.35. The maximum Gasteiger partial charge on any atom is 0.253 e. The molecule has 0 saturated carbocycles. The van der Waals surface area contributed by atoms with Crippen LogP contribution in [0.4, 0.5) is 0 Å². The number of likely N-dealkylation sites (tertiary alicyclic amines) is 1. The van der Waals surface area contributed by atoms with Gasteiger partial charge in [0.25, 0.3) is 5.91 Å². The van der Waals surface area contributed by atoms with Crippen LogP contribution in [0, 0.1) is 0 Å². The molecular formula is C19H25NO2. The molecule has 1 amide bonds. The molecule has 2 heterocycles. The molecular weight excluding hydrogens is 274 g/mol. The smallest absolute Gasteiger partial charge is 0.253 e. The first-order valence-corrected chi connectivity index (χ1v) is 8.50. The van der Waals surface area contributed by atoms with Crippen LogP contribution in [0.15, 0.2) is 42.2 Å².